The van der Waals surface area contributed by atoms with Gasteiger partial charge in [-0.2, -0.15) is 0 Å². The van der Waals surface area contributed by atoms with Crippen LogP contribution in [0.2, 0.25) is 0 Å². The minimum absolute atomic E-state index is 0.0716. The number of rotatable bonds is 4. The fourth-order valence-electron chi connectivity index (χ4n) is 2.65. The Hall–Kier alpha value is -2.55. The maximum atomic E-state index is 12.9. The molecule has 0 aliphatic heterocycles. The van der Waals surface area contributed by atoms with Crippen molar-refractivity contribution >= 4 is 16.9 Å². The largest absolute Gasteiger partial charge is 0.451 e. The minimum Gasteiger partial charge on any atom is -0.451 e. The van der Waals surface area contributed by atoms with E-state index in [9.17, 15) is 4.79 Å². The van der Waals surface area contributed by atoms with E-state index in [1.54, 1.807) is 0 Å². The van der Waals surface area contributed by atoms with Crippen molar-refractivity contribution < 1.29 is 9.21 Å². The van der Waals surface area contributed by atoms with Crippen molar-refractivity contribution in [3.05, 3.63) is 71.5 Å². The lowest BCUT2D eigenvalue weighted by Gasteiger charge is -2.26. The maximum absolute atomic E-state index is 12.9. The first-order valence-corrected chi connectivity index (χ1v) is 7.89. The molecule has 0 unspecified atom stereocenters. The van der Waals surface area contributed by atoms with E-state index in [1.807, 2.05) is 80.3 Å². The molecule has 3 nitrogen and oxygen atoms in total. The number of nitrogens with zero attached hydrogens (tertiary/aromatic N) is 1. The summed E-state index contributed by atoms with van der Waals surface area (Å²) in [7, 11) is 0. The lowest BCUT2D eigenvalue weighted by Crippen LogP contribution is -2.36. The van der Waals surface area contributed by atoms with Crippen LogP contribution >= 0.6 is 0 Å². The number of carbonyl (C=O) groups excluding carboxylic acids is 1. The zero-order valence-electron chi connectivity index (χ0n) is 13.7. The normalized spacial score (nSPS) is 11.1. The number of aryl methyl sites for hydroxylation is 1. The van der Waals surface area contributed by atoms with E-state index in [1.165, 1.54) is 0 Å². The van der Waals surface area contributed by atoms with Gasteiger partial charge in [-0.3, -0.25) is 4.79 Å². The highest BCUT2D eigenvalue weighted by atomic mass is 16.3. The van der Waals surface area contributed by atoms with Crippen LogP contribution in [-0.2, 0) is 6.54 Å². The van der Waals surface area contributed by atoms with Gasteiger partial charge in [0.15, 0.2) is 5.76 Å². The molecule has 3 aromatic rings. The third-order valence-corrected chi connectivity index (χ3v) is 3.97. The van der Waals surface area contributed by atoms with Crippen molar-refractivity contribution in [3.8, 4) is 0 Å². The number of benzene rings is 2. The first-order chi connectivity index (χ1) is 11.0. The summed E-state index contributed by atoms with van der Waals surface area (Å²) in [5, 5.41) is 0.961. The Kier molecular flexibility index (Phi) is 4.20. The van der Waals surface area contributed by atoms with Gasteiger partial charge in [-0.1, -0.05) is 42.5 Å². The molecule has 0 saturated carbocycles. The Morgan fingerprint density at radius 1 is 1.09 bits per heavy atom. The molecule has 1 aromatic heterocycles. The first-order valence-electron chi connectivity index (χ1n) is 7.89. The molecule has 0 fully saturated rings. The van der Waals surface area contributed by atoms with Crippen molar-refractivity contribution in [2.45, 2.75) is 33.4 Å². The summed E-state index contributed by atoms with van der Waals surface area (Å²) >= 11 is 0. The predicted octanol–water partition coefficient (Wildman–Crippen LogP) is 4.79. The average Bonchev–Trinajstić information content (AvgIpc) is 2.95. The highest BCUT2D eigenvalue weighted by Crippen LogP contribution is 2.23. The van der Waals surface area contributed by atoms with Crippen LogP contribution in [0.4, 0.5) is 0 Å². The van der Waals surface area contributed by atoms with E-state index in [0.717, 1.165) is 22.1 Å². The summed E-state index contributed by atoms with van der Waals surface area (Å²) in [6.07, 6.45) is 0. The van der Waals surface area contributed by atoms with Crippen molar-refractivity contribution in [3.63, 3.8) is 0 Å². The summed E-state index contributed by atoms with van der Waals surface area (Å²) in [5.74, 6) is 0.327. The van der Waals surface area contributed by atoms with Gasteiger partial charge in [0, 0.05) is 18.0 Å². The van der Waals surface area contributed by atoms with Crippen LogP contribution in [0.15, 0.2) is 59.0 Å². The van der Waals surface area contributed by atoms with Crippen LogP contribution in [0.1, 0.15) is 35.5 Å². The second kappa shape index (κ2) is 6.29. The van der Waals surface area contributed by atoms with Gasteiger partial charge in [0.1, 0.15) is 5.58 Å². The van der Waals surface area contributed by atoms with Crippen LogP contribution < -0.4 is 0 Å². The Bertz CT molecular complexity index is 818. The van der Waals surface area contributed by atoms with Crippen LogP contribution in [0.25, 0.3) is 11.0 Å². The van der Waals surface area contributed by atoms with Gasteiger partial charge in [0.05, 0.1) is 0 Å². The van der Waals surface area contributed by atoms with Crippen LogP contribution in [0.3, 0.4) is 0 Å². The topological polar surface area (TPSA) is 33.5 Å². The molecule has 0 saturated heterocycles. The molecule has 0 bridgehead atoms. The smallest absolute Gasteiger partial charge is 0.290 e. The Morgan fingerprint density at radius 3 is 2.52 bits per heavy atom. The summed E-state index contributed by atoms with van der Waals surface area (Å²) in [6.45, 7) is 6.63. The van der Waals surface area contributed by atoms with Gasteiger partial charge in [-0.25, -0.2) is 0 Å². The second-order valence-electron chi connectivity index (χ2n) is 6.16. The molecule has 0 aliphatic rings. The molecule has 0 spiro atoms. The van der Waals surface area contributed by atoms with E-state index in [-0.39, 0.29) is 11.9 Å². The highest BCUT2D eigenvalue weighted by Gasteiger charge is 2.22. The number of amides is 1. The van der Waals surface area contributed by atoms with Crippen LogP contribution in [0.5, 0.6) is 0 Å². The molecule has 3 rings (SSSR count). The predicted molar refractivity (Wildman–Crippen MR) is 92.4 cm³/mol. The molecular weight excluding hydrogens is 286 g/mol. The molecule has 0 aliphatic carbocycles. The van der Waals surface area contributed by atoms with Gasteiger partial charge in [0.2, 0.25) is 0 Å². The number of carbonyl (C=O) groups is 1. The molecule has 0 N–H and O–H groups in total. The molecule has 3 heteroatoms. The molecule has 0 radical (unpaired) electrons. The molecule has 2 aromatic carbocycles. The van der Waals surface area contributed by atoms with Crippen molar-refractivity contribution in [2.75, 3.05) is 0 Å². The van der Waals surface area contributed by atoms with Crippen LogP contribution in [0, 0.1) is 6.92 Å². The highest BCUT2D eigenvalue weighted by molar-refractivity contribution is 5.96. The first kappa shape index (κ1) is 15.3. The van der Waals surface area contributed by atoms with E-state index in [4.69, 9.17) is 4.42 Å². The average molecular weight is 307 g/mol. The van der Waals surface area contributed by atoms with Crippen LogP contribution in [-0.4, -0.2) is 16.8 Å². The van der Waals surface area contributed by atoms with Crippen molar-refractivity contribution in [1.29, 1.82) is 0 Å². The molecule has 1 amide bonds. The quantitative estimate of drug-likeness (QED) is 0.694. The molecular formula is C20H21NO2. The monoisotopic (exact) mass is 307 g/mol. The van der Waals surface area contributed by atoms with Gasteiger partial charge in [0.25, 0.3) is 5.91 Å². The fraction of sp³-hybridized carbons (Fsp3) is 0.250. The Balaban J connectivity index is 1.90. The molecule has 118 valence electrons. The van der Waals surface area contributed by atoms with Gasteiger partial charge in [-0.15, -0.1) is 0 Å². The lowest BCUT2D eigenvalue weighted by atomic mass is 10.1. The maximum Gasteiger partial charge on any atom is 0.290 e. The van der Waals surface area contributed by atoms with E-state index < -0.39 is 0 Å². The second-order valence-corrected chi connectivity index (χ2v) is 6.16. The number of fused-ring (bicyclic) bond motifs is 1. The summed E-state index contributed by atoms with van der Waals surface area (Å²) in [4.78, 5) is 14.7. The van der Waals surface area contributed by atoms with E-state index in [2.05, 4.69) is 0 Å². The SMILES string of the molecule is Cc1ccc2cc(C(=O)N(Cc3ccccc3)C(C)C)oc2c1. The lowest BCUT2D eigenvalue weighted by molar-refractivity contribution is 0.0660. The summed E-state index contributed by atoms with van der Waals surface area (Å²) in [6, 6.07) is 17.9. The number of hydrogen-bond acceptors (Lipinski definition) is 2. The van der Waals surface area contributed by atoms with E-state index >= 15 is 0 Å². The fourth-order valence-corrected chi connectivity index (χ4v) is 2.65. The Morgan fingerprint density at radius 2 is 1.83 bits per heavy atom. The molecule has 0 atom stereocenters. The third kappa shape index (κ3) is 3.29. The summed E-state index contributed by atoms with van der Waals surface area (Å²) in [5.41, 5.74) is 2.99. The van der Waals surface area contributed by atoms with Crippen molar-refractivity contribution in [1.82, 2.24) is 4.90 Å². The standard InChI is InChI=1S/C20H21NO2/c1-14(2)21(13-16-7-5-4-6-8-16)20(22)19-12-17-10-9-15(3)11-18(17)23-19/h4-12,14H,13H2,1-3H3. The zero-order chi connectivity index (χ0) is 16.4. The third-order valence-electron chi connectivity index (χ3n) is 3.97. The zero-order valence-corrected chi connectivity index (χ0v) is 13.7. The van der Waals surface area contributed by atoms with Crippen molar-refractivity contribution in [2.24, 2.45) is 0 Å². The molecule has 1 heterocycles. The minimum atomic E-state index is -0.0716. The van der Waals surface area contributed by atoms with Gasteiger partial charge in [-0.05, 0) is 44.0 Å². The van der Waals surface area contributed by atoms with Gasteiger partial charge < -0.3 is 9.32 Å². The Labute approximate surface area is 136 Å². The summed E-state index contributed by atoms with van der Waals surface area (Å²) < 4.78 is 5.79. The number of hydrogen-bond donors (Lipinski definition) is 0. The molecule has 23 heavy (non-hydrogen) atoms. The van der Waals surface area contributed by atoms with Gasteiger partial charge >= 0.3 is 0 Å². The van der Waals surface area contributed by atoms with E-state index in [0.29, 0.717) is 12.3 Å². The number of furan rings is 1.